The summed E-state index contributed by atoms with van der Waals surface area (Å²) >= 11 is 0. The van der Waals surface area contributed by atoms with E-state index < -0.39 is 5.91 Å². The number of carbonyl (C=O) groups is 1. The van der Waals surface area contributed by atoms with Crippen molar-refractivity contribution >= 4 is 17.3 Å². The zero-order chi connectivity index (χ0) is 17.9. The van der Waals surface area contributed by atoms with E-state index in [1.807, 2.05) is 30.3 Å². The number of hydrogen-bond acceptors (Lipinski definition) is 3. The number of amides is 1. The molecule has 0 saturated heterocycles. The van der Waals surface area contributed by atoms with Gasteiger partial charge in [-0.25, -0.2) is 0 Å². The Kier molecular flexibility index (Phi) is 4.27. The van der Waals surface area contributed by atoms with E-state index in [0.29, 0.717) is 11.3 Å². The van der Waals surface area contributed by atoms with Gasteiger partial charge >= 0.3 is 5.91 Å². The first kappa shape index (κ1) is 16.1. The Morgan fingerprint density at radius 1 is 1.04 bits per heavy atom. The number of anilines is 2. The van der Waals surface area contributed by atoms with Gasteiger partial charge in [0.05, 0.1) is 0 Å². The number of pyridine rings is 1. The molecule has 5 nitrogen and oxygen atoms in total. The number of nitrogens with zero attached hydrogens (tertiary/aromatic N) is 2. The zero-order valence-electron chi connectivity index (χ0n) is 14.3. The van der Waals surface area contributed by atoms with Gasteiger partial charge in [-0.3, -0.25) is 4.79 Å². The van der Waals surface area contributed by atoms with Crippen molar-refractivity contribution in [2.75, 3.05) is 16.8 Å². The highest BCUT2D eigenvalue weighted by Gasteiger charge is 2.21. The van der Waals surface area contributed by atoms with Crippen LogP contribution in [-0.4, -0.2) is 12.5 Å². The first-order valence-electron chi connectivity index (χ1n) is 8.63. The quantitative estimate of drug-likeness (QED) is 0.584. The molecule has 1 amide bonds. The Morgan fingerprint density at radius 2 is 1.81 bits per heavy atom. The maximum atomic E-state index is 12.5. The standard InChI is InChI=1S/C21H19N3O2/c25-21(20-11-5-6-13-24(20)26)22-18-9-3-1-8-17(18)15-23-14-12-16-7-2-4-10-19(16)23/h1-11,13H,12,14-15H2,(H,22,25). The number of para-hydroxylation sites is 2. The fourth-order valence-electron chi connectivity index (χ4n) is 3.35. The predicted octanol–water partition coefficient (Wildman–Crippen LogP) is 3.14. The third-order valence-electron chi connectivity index (χ3n) is 4.67. The van der Waals surface area contributed by atoms with Crippen molar-refractivity contribution in [3.05, 3.63) is 95.0 Å². The summed E-state index contributed by atoms with van der Waals surface area (Å²) in [5.41, 5.74) is 4.42. The molecule has 0 bridgehead atoms. The van der Waals surface area contributed by atoms with Gasteiger partial charge < -0.3 is 15.4 Å². The van der Waals surface area contributed by atoms with Crippen LogP contribution in [0, 0.1) is 5.21 Å². The molecule has 1 aliphatic rings. The summed E-state index contributed by atoms with van der Waals surface area (Å²) < 4.78 is 0.578. The van der Waals surface area contributed by atoms with E-state index in [9.17, 15) is 10.0 Å². The van der Waals surface area contributed by atoms with Crippen LogP contribution in [0.1, 0.15) is 21.6 Å². The van der Waals surface area contributed by atoms with Crippen molar-refractivity contribution in [1.29, 1.82) is 0 Å². The van der Waals surface area contributed by atoms with E-state index in [0.717, 1.165) is 24.2 Å². The van der Waals surface area contributed by atoms with Gasteiger partial charge in [-0.1, -0.05) is 36.4 Å². The monoisotopic (exact) mass is 345 g/mol. The maximum Gasteiger partial charge on any atom is 0.321 e. The van der Waals surface area contributed by atoms with E-state index in [-0.39, 0.29) is 5.69 Å². The number of fused-ring (bicyclic) bond motifs is 1. The second-order valence-electron chi connectivity index (χ2n) is 6.32. The van der Waals surface area contributed by atoms with Crippen molar-refractivity contribution < 1.29 is 9.52 Å². The molecule has 0 fully saturated rings. The molecule has 0 aliphatic carbocycles. The smallest absolute Gasteiger partial charge is 0.321 e. The van der Waals surface area contributed by atoms with Crippen LogP contribution in [0.15, 0.2) is 72.9 Å². The van der Waals surface area contributed by atoms with Crippen molar-refractivity contribution in [2.24, 2.45) is 0 Å². The first-order chi connectivity index (χ1) is 12.7. The predicted molar refractivity (Wildman–Crippen MR) is 101 cm³/mol. The molecule has 0 spiro atoms. The number of nitrogens with one attached hydrogen (secondary N) is 1. The van der Waals surface area contributed by atoms with E-state index in [1.165, 1.54) is 23.5 Å². The maximum absolute atomic E-state index is 12.5. The van der Waals surface area contributed by atoms with Crippen LogP contribution in [0.3, 0.4) is 0 Å². The summed E-state index contributed by atoms with van der Waals surface area (Å²) in [4.78, 5) is 14.8. The van der Waals surface area contributed by atoms with Gasteiger partial charge in [0.1, 0.15) is 0 Å². The van der Waals surface area contributed by atoms with Crippen LogP contribution >= 0.6 is 0 Å². The van der Waals surface area contributed by atoms with Crippen LogP contribution in [-0.2, 0) is 13.0 Å². The zero-order valence-corrected chi connectivity index (χ0v) is 14.3. The lowest BCUT2D eigenvalue weighted by Gasteiger charge is -2.21. The minimum Gasteiger partial charge on any atom is -0.618 e. The normalized spacial score (nSPS) is 12.7. The Labute approximate surface area is 152 Å². The molecule has 0 saturated carbocycles. The van der Waals surface area contributed by atoms with Gasteiger partial charge in [-0.15, -0.1) is 0 Å². The fraction of sp³-hybridized carbons (Fsp3) is 0.143. The number of hydrogen-bond donors (Lipinski definition) is 1. The molecule has 5 heteroatoms. The fourth-order valence-corrected chi connectivity index (χ4v) is 3.35. The molecule has 130 valence electrons. The van der Waals surface area contributed by atoms with Crippen molar-refractivity contribution in [3.63, 3.8) is 0 Å². The average Bonchev–Trinajstić information content (AvgIpc) is 3.07. The summed E-state index contributed by atoms with van der Waals surface area (Å²) in [5.74, 6) is -0.408. The molecular weight excluding hydrogens is 326 g/mol. The number of benzene rings is 2. The lowest BCUT2D eigenvalue weighted by molar-refractivity contribution is -0.607. The third kappa shape index (κ3) is 3.11. The summed E-state index contributed by atoms with van der Waals surface area (Å²) in [5, 5.41) is 14.7. The molecule has 1 N–H and O–H groups in total. The summed E-state index contributed by atoms with van der Waals surface area (Å²) in [6.07, 6.45) is 2.35. The topological polar surface area (TPSA) is 59.3 Å². The van der Waals surface area contributed by atoms with Gasteiger partial charge in [0.15, 0.2) is 6.20 Å². The van der Waals surface area contributed by atoms with Crippen LogP contribution in [0.25, 0.3) is 0 Å². The minimum atomic E-state index is -0.408. The van der Waals surface area contributed by atoms with E-state index in [1.54, 1.807) is 12.1 Å². The molecule has 2 aromatic carbocycles. The highest BCUT2D eigenvalue weighted by Crippen LogP contribution is 2.30. The summed E-state index contributed by atoms with van der Waals surface area (Å²) in [6.45, 7) is 1.67. The SMILES string of the molecule is O=C(Nc1ccccc1CN1CCc2ccccc21)c1cccc[n+]1[O-]. The third-order valence-corrected chi connectivity index (χ3v) is 4.67. The molecule has 1 aliphatic heterocycles. The van der Waals surface area contributed by atoms with Crippen LogP contribution in [0.5, 0.6) is 0 Å². The Hall–Kier alpha value is -3.34. The average molecular weight is 345 g/mol. The first-order valence-corrected chi connectivity index (χ1v) is 8.63. The second kappa shape index (κ2) is 6.88. The Balaban J connectivity index is 1.56. The molecule has 0 radical (unpaired) electrons. The van der Waals surface area contributed by atoms with Crippen molar-refractivity contribution in [2.45, 2.75) is 13.0 Å². The molecule has 1 aromatic heterocycles. The van der Waals surface area contributed by atoms with Gasteiger partial charge in [0, 0.05) is 36.6 Å². The molecular formula is C21H19N3O2. The molecule has 26 heavy (non-hydrogen) atoms. The second-order valence-corrected chi connectivity index (χ2v) is 6.32. The molecule has 0 atom stereocenters. The van der Waals surface area contributed by atoms with Crippen molar-refractivity contribution in [3.8, 4) is 0 Å². The Bertz CT molecular complexity index is 955. The highest BCUT2D eigenvalue weighted by atomic mass is 16.5. The molecule has 2 heterocycles. The summed E-state index contributed by atoms with van der Waals surface area (Å²) in [7, 11) is 0. The van der Waals surface area contributed by atoms with Crippen molar-refractivity contribution in [1.82, 2.24) is 0 Å². The minimum absolute atomic E-state index is 0.0776. The van der Waals surface area contributed by atoms with Gasteiger partial charge in [0.2, 0.25) is 0 Å². The largest absolute Gasteiger partial charge is 0.618 e. The highest BCUT2D eigenvalue weighted by molar-refractivity contribution is 6.02. The molecule has 3 aromatic rings. The van der Waals surface area contributed by atoms with E-state index in [2.05, 4.69) is 28.4 Å². The van der Waals surface area contributed by atoms with Gasteiger partial charge in [-0.05, 0) is 35.7 Å². The van der Waals surface area contributed by atoms with Crippen LogP contribution in [0.2, 0.25) is 0 Å². The number of rotatable bonds is 4. The molecule has 4 rings (SSSR count). The lowest BCUT2D eigenvalue weighted by Crippen LogP contribution is -2.36. The van der Waals surface area contributed by atoms with Gasteiger partial charge in [0.25, 0.3) is 5.69 Å². The van der Waals surface area contributed by atoms with E-state index in [4.69, 9.17) is 0 Å². The number of aromatic nitrogens is 1. The lowest BCUT2D eigenvalue weighted by atomic mass is 10.1. The Morgan fingerprint density at radius 3 is 2.69 bits per heavy atom. The van der Waals surface area contributed by atoms with Gasteiger partial charge in [-0.2, -0.15) is 4.73 Å². The van der Waals surface area contributed by atoms with Crippen LogP contribution in [0.4, 0.5) is 11.4 Å². The van der Waals surface area contributed by atoms with Crippen LogP contribution < -0.4 is 14.9 Å². The summed E-state index contributed by atoms with van der Waals surface area (Å²) in [6, 6.07) is 20.9. The molecule has 0 unspecified atom stereocenters. The number of carbonyl (C=O) groups excluding carboxylic acids is 1. The van der Waals surface area contributed by atoms with E-state index >= 15 is 0 Å².